The first-order valence-electron chi connectivity index (χ1n) is 13.7. The number of hydrogen-bond donors (Lipinski definition) is 1. The quantitative estimate of drug-likeness (QED) is 0.263. The zero-order valence-corrected chi connectivity index (χ0v) is 25.3. The molecule has 0 heterocycles. The number of hydrogen-bond acceptors (Lipinski definition) is 5. The minimum Gasteiger partial charge on any atom is -0.494 e. The van der Waals surface area contributed by atoms with Crippen molar-refractivity contribution in [3.63, 3.8) is 0 Å². The third-order valence-corrected chi connectivity index (χ3v) is 8.07. The van der Waals surface area contributed by atoms with Gasteiger partial charge in [-0.1, -0.05) is 60.1 Å². The first kappa shape index (κ1) is 32.0. The maximum Gasteiger partial charge on any atom is 0.243 e. The number of sulfonamides is 1. The van der Waals surface area contributed by atoms with Crippen LogP contribution in [0.15, 0.2) is 78.9 Å². The van der Waals surface area contributed by atoms with Crippen LogP contribution < -0.4 is 14.4 Å². The highest BCUT2D eigenvalue weighted by Crippen LogP contribution is 2.24. The summed E-state index contributed by atoms with van der Waals surface area (Å²) in [6.07, 6.45) is 1.76. The second-order valence-corrected chi connectivity index (χ2v) is 11.9. The molecule has 0 saturated carbocycles. The highest BCUT2D eigenvalue weighted by Gasteiger charge is 2.30. The molecule has 0 spiro atoms. The van der Waals surface area contributed by atoms with Crippen LogP contribution in [-0.4, -0.2) is 57.1 Å². The molecule has 0 bridgehead atoms. The first-order valence-corrected chi connectivity index (χ1v) is 15.9. The molecule has 220 valence electrons. The molecule has 0 unspecified atom stereocenters. The van der Waals surface area contributed by atoms with Gasteiger partial charge in [-0.2, -0.15) is 0 Å². The van der Waals surface area contributed by atoms with Gasteiger partial charge in [0.25, 0.3) is 0 Å². The first-order chi connectivity index (χ1) is 19.6. The predicted molar refractivity (Wildman–Crippen MR) is 164 cm³/mol. The van der Waals surface area contributed by atoms with E-state index < -0.39 is 16.1 Å². The van der Waals surface area contributed by atoms with Gasteiger partial charge in [0.1, 0.15) is 11.8 Å². The van der Waals surface area contributed by atoms with Crippen LogP contribution in [0.2, 0.25) is 5.02 Å². The van der Waals surface area contributed by atoms with Crippen molar-refractivity contribution in [2.45, 2.75) is 45.7 Å². The highest BCUT2D eigenvalue weighted by molar-refractivity contribution is 7.92. The van der Waals surface area contributed by atoms with Gasteiger partial charge in [0.15, 0.2) is 0 Å². The van der Waals surface area contributed by atoms with Crippen LogP contribution in [0, 0.1) is 0 Å². The van der Waals surface area contributed by atoms with Crippen molar-refractivity contribution < 1.29 is 22.7 Å². The molecule has 2 amide bonds. The third kappa shape index (κ3) is 9.50. The van der Waals surface area contributed by atoms with E-state index in [1.807, 2.05) is 62.4 Å². The number of ether oxygens (including phenoxy) is 1. The minimum absolute atomic E-state index is 0.0399. The topological polar surface area (TPSA) is 96.0 Å². The summed E-state index contributed by atoms with van der Waals surface area (Å²) in [6, 6.07) is 22.8. The van der Waals surface area contributed by atoms with E-state index in [1.54, 1.807) is 35.2 Å². The summed E-state index contributed by atoms with van der Waals surface area (Å²) < 4.78 is 32.0. The lowest BCUT2D eigenvalue weighted by atomic mass is 10.0. The van der Waals surface area contributed by atoms with E-state index in [1.165, 1.54) is 4.31 Å². The van der Waals surface area contributed by atoms with Crippen molar-refractivity contribution in [3.8, 4) is 5.75 Å². The zero-order valence-electron chi connectivity index (χ0n) is 23.8. The Morgan fingerprint density at radius 1 is 0.951 bits per heavy atom. The molecule has 41 heavy (non-hydrogen) atoms. The van der Waals surface area contributed by atoms with Crippen molar-refractivity contribution >= 4 is 39.1 Å². The summed E-state index contributed by atoms with van der Waals surface area (Å²) in [5, 5.41) is 3.37. The summed E-state index contributed by atoms with van der Waals surface area (Å²) in [7, 11) is -3.61. The van der Waals surface area contributed by atoms with Gasteiger partial charge in [-0.15, -0.1) is 0 Å². The Labute approximate surface area is 248 Å². The average Bonchev–Trinajstić information content (AvgIpc) is 2.94. The van der Waals surface area contributed by atoms with Gasteiger partial charge in [-0.25, -0.2) is 8.42 Å². The number of amides is 2. The monoisotopic (exact) mass is 599 g/mol. The number of rotatable bonds is 15. The SMILES string of the molecule is CCNC(=O)[C@@H](Cc1ccccc1)N(Cc1ccccc1Cl)C(=O)CCCN(c1ccc(OCC)cc1)S(C)(=O)=O. The molecular formula is C31H38ClN3O5S. The molecule has 0 saturated heterocycles. The summed E-state index contributed by atoms with van der Waals surface area (Å²) >= 11 is 6.45. The van der Waals surface area contributed by atoms with Crippen LogP contribution in [-0.2, 0) is 32.6 Å². The van der Waals surface area contributed by atoms with Gasteiger partial charge < -0.3 is 15.0 Å². The molecule has 10 heteroatoms. The lowest BCUT2D eigenvalue weighted by molar-refractivity contribution is -0.141. The Morgan fingerprint density at radius 3 is 2.22 bits per heavy atom. The Balaban J connectivity index is 1.85. The molecule has 0 aliphatic rings. The number of nitrogens with zero attached hydrogens (tertiary/aromatic N) is 2. The molecule has 0 fully saturated rings. The van der Waals surface area contributed by atoms with E-state index in [2.05, 4.69) is 5.32 Å². The Hall–Kier alpha value is -3.56. The van der Waals surface area contributed by atoms with Crippen LogP contribution in [0.25, 0.3) is 0 Å². The maximum atomic E-state index is 13.8. The summed E-state index contributed by atoms with van der Waals surface area (Å²) in [4.78, 5) is 28.7. The molecule has 8 nitrogen and oxygen atoms in total. The van der Waals surface area contributed by atoms with E-state index in [0.29, 0.717) is 36.0 Å². The summed E-state index contributed by atoms with van der Waals surface area (Å²) in [6.45, 7) is 4.87. The van der Waals surface area contributed by atoms with Gasteiger partial charge in [0.05, 0.1) is 18.6 Å². The third-order valence-electron chi connectivity index (χ3n) is 6.51. The van der Waals surface area contributed by atoms with E-state index in [4.69, 9.17) is 16.3 Å². The molecule has 1 atom stereocenters. The molecule has 3 aromatic carbocycles. The van der Waals surface area contributed by atoms with Crippen molar-refractivity contribution in [2.24, 2.45) is 0 Å². The number of carbonyl (C=O) groups excluding carboxylic acids is 2. The van der Waals surface area contributed by atoms with Crippen LogP contribution in [0.3, 0.4) is 0 Å². The fourth-order valence-corrected chi connectivity index (χ4v) is 5.70. The van der Waals surface area contributed by atoms with Crippen LogP contribution in [0.1, 0.15) is 37.8 Å². The maximum absolute atomic E-state index is 13.8. The number of carbonyl (C=O) groups is 2. The molecule has 1 N–H and O–H groups in total. The van der Waals surface area contributed by atoms with Gasteiger partial charge in [0, 0.05) is 37.5 Å². The minimum atomic E-state index is -3.61. The molecule has 3 aromatic rings. The fraction of sp³-hybridized carbons (Fsp3) is 0.355. The molecule has 0 aliphatic carbocycles. The number of likely N-dealkylation sites (N-methyl/N-ethyl adjacent to an activating group) is 1. The Kier molecular flexibility index (Phi) is 12.0. The molecule has 0 radical (unpaired) electrons. The van der Waals surface area contributed by atoms with Gasteiger partial charge in [-0.05, 0) is 61.7 Å². The van der Waals surface area contributed by atoms with E-state index in [0.717, 1.165) is 17.4 Å². The van der Waals surface area contributed by atoms with E-state index >= 15 is 0 Å². The van der Waals surface area contributed by atoms with Crippen molar-refractivity contribution in [1.82, 2.24) is 10.2 Å². The van der Waals surface area contributed by atoms with Crippen LogP contribution in [0.4, 0.5) is 5.69 Å². The van der Waals surface area contributed by atoms with Crippen molar-refractivity contribution in [3.05, 3.63) is 95.0 Å². The zero-order chi connectivity index (χ0) is 29.8. The van der Waals surface area contributed by atoms with E-state index in [-0.39, 0.29) is 37.7 Å². The normalized spacial score (nSPS) is 11.9. The van der Waals surface area contributed by atoms with E-state index in [9.17, 15) is 18.0 Å². The standard InChI is InChI=1S/C31H38ClN3O5S/c1-4-33-31(37)29(22-24-12-7-6-8-13-24)34(23-25-14-9-10-15-28(25)32)30(36)16-11-21-35(41(3,38)39)26-17-19-27(20-18-26)40-5-2/h6-10,12-15,17-20,29H,4-5,11,16,21-23H2,1-3H3,(H,33,37)/t29-/m1/s1. The van der Waals surface area contributed by atoms with Crippen molar-refractivity contribution in [2.75, 3.05) is 30.3 Å². The molecule has 3 rings (SSSR count). The van der Waals surface area contributed by atoms with Gasteiger partial charge in [-0.3, -0.25) is 13.9 Å². The highest BCUT2D eigenvalue weighted by atomic mass is 35.5. The number of anilines is 1. The fourth-order valence-electron chi connectivity index (χ4n) is 4.54. The largest absolute Gasteiger partial charge is 0.494 e. The van der Waals surface area contributed by atoms with Gasteiger partial charge in [0.2, 0.25) is 21.8 Å². The lowest BCUT2D eigenvalue weighted by Gasteiger charge is -2.32. The number of benzene rings is 3. The Morgan fingerprint density at radius 2 is 1.61 bits per heavy atom. The predicted octanol–water partition coefficient (Wildman–Crippen LogP) is 5.06. The number of halogens is 1. The molecule has 0 aromatic heterocycles. The Bertz CT molecular complexity index is 1380. The van der Waals surface area contributed by atoms with Gasteiger partial charge >= 0.3 is 0 Å². The summed E-state index contributed by atoms with van der Waals surface area (Å²) in [5.74, 6) is 0.117. The average molecular weight is 600 g/mol. The number of nitrogens with one attached hydrogen (secondary N) is 1. The van der Waals surface area contributed by atoms with Crippen molar-refractivity contribution in [1.29, 1.82) is 0 Å². The molecular weight excluding hydrogens is 562 g/mol. The van der Waals surface area contributed by atoms with Crippen LogP contribution in [0.5, 0.6) is 5.75 Å². The summed E-state index contributed by atoms with van der Waals surface area (Å²) in [5.41, 5.74) is 2.12. The van der Waals surface area contributed by atoms with Crippen LogP contribution >= 0.6 is 11.6 Å². The molecule has 0 aliphatic heterocycles. The smallest absolute Gasteiger partial charge is 0.243 e. The second-order valence-electron chi connectivity index (χ2n) is 9.58. The second kappa shape index (κ2) is 15.4. The lowest BCUT2D eigenvalue weighted by Crippen LogP contribution is -2.50.